The third kappa shape index (κ3) is 10.1. The molecular weight excluding hydrogens is 500 g/mol. The van der Waals surface area contributed by atoms with Crippen LogP contribution in [0.25, 0.3) is 0 Å². The fourth-order valence-electron chi connectivity index (χ4n) is 3.40. The van der Waals surface area contributed by atoms with Gasteiger partial charge in [-0.3, -0.25) is 19.2 Å². The van der Waals surface area contributed by atoms with Crippen LogP contribution in [-0.2, 0) is 36.8 Å². The molecule has 204 valence electrons. The second-order valence-corrected chi connectivity index (χ2v) is 8.52. The number of benzene rings is 2. The van der Waals surface area contributed by atoms with Crippen molar-refractivity contribution in [1.29, 1.82) is 0 Å². The largest absolute Gasteiger partial charge is 0.508 e. The molecule has 0 aliphatic heterocycles. The van der Waals surface area contributed by atoms with Crippen molar-refractivity contribution in [3.8, 4) is 11.5 Å². The maximum Gasteiger partial charge on any atom is 0.326 e. The molecule has 0 aliphatic carbocycles. The first-order chi connectivity index (χ1) is 17.9. The number of carbonyl (C=O) groups excluding carboxylic acids is 3. The van der Waals surface area contributed by atoms with E-state index in [-0.39, 0.29) is 30.8 Å². The molecule has 3 atom stereocenters. The highest BCUT2D eigenvalue weighted by Crippen LogP contribution is 2.12. The number of nitrogens with two attached hydrogens (primary N) is 1. The smallest absolute Gasteiger partial charge is 0.326 e. The Kier molecular flexibility index (Phi) is 11.0. The number of carbonyl (C=O) groups is 5. The lowest BCUT2D eigenvalue weighted by atomic mass is 10.0. The Balaban J connectivity index is 1.95. The minimum atomic E-state index is -1.32. The SMILES string of the molecule is NC(Cc1ccc(O)cc1)C(=O)NC(CCC(=O)O)C(=O)NCC(=O)NC(Cc1ccc(O)cc1)C(=O)O. The summed E-state index contributed by atoms with van der Waals surface area (Å²) in [5.74, 6) is -4.88. The van der Waals surface area contributed by atoms with Gasteiger partial charge in [0.15, 0.2) is 0 Å². The third-order valence-corrected chi connectivity index (χ3v) is 5.44. The number of phenols is 2. The molecule has 0 radical (unpaired) electrons. The lowest BCUT2D eigenvalue weighted by Crippen LogP contribution is -2.54. The molecule has 0 fully saturated rings. The molecular formula is C25H30N4O9. The molecule has 13 nitrogen and oxygen atoms in total. The number of carboxylic acids is 2. The second-order valence-electron chi connectivity index (χ2n) is 8.52. The number of nitrogens with one attached hydrogen (secondary N) is 3. The van der Waals surface area contributed by atoms with E-state index in [1.807, 2.05) is 0 Å². The van der Waals surface area contributed by atoms with Crippen molar-refractivity contribution >= 4 is 29.7 Å². The Hall–Kier alpha value is -4.65. The molecule has 3 unspecified atom stereocenters. The van der Waals surface area contributed by atoms with Crippen molar-refractivity contribution in [2.75, 3.05) is 6.54 Å². The zero-order valence-electron chi connectivity index (χ0n) is 20.3. The average Bonchev–Trinajstić information content (AvgIpc) is 2.86. The van der Waals surface area contributed by atoms with Gasteiger partial charge in [-0.05, 0) is 48.2 Å². The first kappa shape index (κ1) is 29.6. The van der Waals surface area contributed by atoms with Crippen molar-refractivity contribution in [1.82, 2.24) is 16.0 Å². The van der Waals surface area contributed by atoms with Crippen LogP contribution in [0.5, 0.6) is 11.5 Å². The molecule has 0 aliphatic rings. The first-order valence-electron chi connectivity index (χ1n) is 11.6. The van der Waals surface area contributed by atoms with Crippen LogP contribution in [-0.4, -0.2) is 74.8 Å². The Morgan fingerprint density at radius 2 is 1.26 bits per heavy atom. The van der Waals surface area contributed by atoms with Crippen molar-refractivity contribution < 1.29 is 44.4 Å². The summed E-state index contributed by atoms with van der Waals surface area (Å²) in [7, 11) is 0. The van der Waals surface area contributed by atoms with Crippen LogP contribution in [0.15, 0.2) is 48.5 Å². The maximum atomic E-state index is 12.6. The summed E-state index contributed by atoms with van der Waals surface area (Å²) in [6, 6.07) is 8.03. The van der Waals surface area contributed by atoms with Gasteiger partial charge in [0.2, 0.25) is 17.7 Å². The molecule has 13 heteroatoms. The van der Waals surface area contributed by atoms with Crippen LogP contribution in [0.3, 0.4) is 0 Å². The third-order valence-electron chi connectivity index (χ3n) is 5.44. The van der Waals surface area contributed by atoms with E-state index in [2.05, 4.69) is 16.0 Å². The summed E-state index contributed by atoms with van der Waals surface area (Å²) in [6.45, 7) is -0.628. The van der Waals surface area contributed by atoms with Gasteiger partial charge in [0.1, 0.15) is 23.6 Å². The summed E-state index contributed by atoms with van der Waals surface area (Å²) in [6.07, 6.45) is -0.727. The van der Waals surface area contributed by atoms with Gasteiger partial charge in [0.05, 0.1) is 12.6 Å². The molecule has 3 amide bonds. The summed E-state index contributed by atoms with van der Waals surface area (Å²) < 4.78 is 0. The molecule has 2 rings (SSSR count). The van der Waals surface area contributed by atoms with Crippen molar-refractivity contribution in [3.63, 3.8) is 0 Å². The van der Waals surface area contributed by atoms with E-state index in [0.717, 1.165) is 0 Å². The van der Waals surface area contributed by atoms with Gasteiger partial charge in [-0.15, -0.1) is 0 Å². The fraction of sp³-hybridized carbons (Fsp3) is 0.320. The zero-order valence-corrected chi connectivity index (χ0v) is 20.3. The van der Waals surface area contributed by atoms with Crippen LogP contribution in [0.2, 0.25) is 0 Å². The maximum absolute atomic E-state index is 12.6. The Morgan fingerprint density at radius 3 is 1.76 bits per heavy atom. The molecule has 38 heavy (non-hydrogen) atoms. The molecule has 0 spiro atoms. The number of carboxylic acid groups (broad SMARTS) is 2. The van der Waals surface area contributed by atoms with E-state index in [9.17, 15) is 39.3 Å². The second kappa shape index (κ2) is 14.2. The number of phenolic OH excluding ortho intramolecular Hbond substituents is 2. The van der Waals surface area contributed by atoms with Gasteiger partial charge in [0, 0.05) is 12.8 Å². The van der Waals surface area contributed by atoms with Crippen LogP contribution < -0.4 is 21.7 Å². The summed E-state index contributed by atoms with van der Waals surface area (Å²) in [5.41, 5.74) is 7.10. The number of hydrogen-bond acceptors (Lipinski definition) is 8. The van der Waals surface area contributed by atoms with Gasteiger partial charge in [0.25, 0.3) is 0 Å². The van der Waals surface area contributed by atoms with E-state index in [4.69, 9.17) is 10.8 Å². The van der Waals surface area contributed by atoms with E-state index >= 15 is 0 Å². The Bertz CT molecular complexity index is 1140. The van der Waals surface area contributed by atoms with Crippen molar-refractivity contribution in [2.24, 2.45) is 5.73 Å². The summed E-state index contributed by atoms with van der Waals surface area (Å²) in [5, 5.41) is 44.0. The number of hydrogen-bond donors (Lipinski definition) is 8. The van der Waals surface area contributed by atoms with Crippen LogP contribution in [0.4, 0.5) is 0 Å². The molecule has 0 saturated carbocycles. The number of rotatable bonds is 14. The standard InChI is InChI=1S/C25H30N4O9/c26-18(11-14-1-5-16(30)6-2-14)23(35)29-19(9-10-22(33)34)24(36)27-13-21(32)28-20(25(37)38)12-15-3-7-17(31)8-4-15/h1-8,18-20,30-31H,9-13,26H2,(H,27,36)(H,28,32)(H,29,35)(H,33,34)(H,37,38). The van der Waals surface area contributed by atoms with Gasteiger partial charge >= 0.3 is 11.9 Å². The van der Waals surface area contributed by atoms with Gasteiger partial charge in [-0.25, -0.2) is 4.79 Å². The van der Waals surface area contributed by atoms with Gasteiger partial charge < -0.3 is 42.1 Å². The Labute approximate surface area is 217 Å². The molecule has 2 aromatic carbocycles. The summed E-state index contributed by atoms with van der Waals surface area (Å²) in [4.78, 5) is 60.1. The molecule has 0 aromatic heterocycles. The highest BCUT2D eigenvalue weighted by Gasteiger charge is 2.26. The highest BCUT2D eigenvalue weighted by atomic mass is 16.4. The van der Waals surface area contributed by atoms with Crippen LogP contribution >= 0.6 is 0 Å². The lowest BCUT2D eigenvalue weighted by molar-refractivity contribution is -0.141. The normalized spacial score (nSPS) is 13.0. The molecule has 9 N–H and O–H groups in total. The van der Waals surface area contributed by atoms with Gasteiger partial charge in [-0.2, -0.15) is 0 Å². The predicted octanol–water partition coefficient (Wildman–Crippen LogP) is -0.754. The average molecular weight is 531 g/mol. The monoisotopic (exact) mass is 530 g/mol. The predicted molar refractivity (Wildman–Crippen MR) is 133 cm³/mol. The topological polar surface area (TPSA) is 228 Å². The molecule has 2 aromatic rings. The van der Waals surface area contributed by atoms with Crippen LogP contribution in [0.1, 0.15) is 24.0 Å². The molecule has 0 saturated heterocycles. The van der Waals surface area contributed by atoms with Crippen molar-refractivity contribution in [3.05, 3.63) is 59.7 Å². The lowest BCUT2D eigenvalue weighted by Gasteiger charge is -2.21. The quantitative estimate of drug-likeness (QED) is 0.152. The molecule has 0 heterocycles. The zero-order chi connectivity index (χ0) is 28.2. The van der Waals surface area contributed by atoms with E-state index in [1.54, 1.807) is 12.1 Å². The minimum absolute atomic E-state index is 0.00164. The van der Waals surface area contributed by atoms with E-state index in [1.165, 1.54) is 36.4 Å². The summed E-state index contributed by atoms with van der Waals surface area (Å²) >= 11 is 0. The highest BCUT2D eigenvalue weighted by molar-refractivity contribution is 5.93. The fourth-order valence-corrected chi connectivity index (χ4v) is 3.40. The number of amides is 3. The van der Waals surface area contributed by atoms with E-state index < -0.39 is 60.8 Å². The molecule has 0 bridgehead atoms. The van der Waals surface area contributed by atoms with Crippen LogP contribution in [0, 0.1) is 0 Å². The Morgan fingerprint density at radius 1 is 0.737 bits per heavy atom. The number of aromatic hydroxyl groups is 2. The van der Waals surface area contributed by atoms with Gasteiger partial charge in [-0.1, -0.05) is 24.3 Å². The first-order valence-corrected chi connectivity index (χ1v) is 11.6. The van der Waals surface area contributed by atoms with E-state index in [0.29, 0.717) is 11.1 Å². The number of aliphatic carboxylic acids is 2. The minimum Gasteiger partial charge on any atom is -0.508 e. The van der Waals surface area contributed by atoms with Crippen molar-refractivity contribution in [2.45, 2.75) is 43.8 Å².